The van der Waals surface area contributed by atoms with Gasteiger partial charge in [0.15, 0.2) is 0 Å². The summed E-state index contributed by atoms with van der Waals surface area (Å²) in [6.45, 7) is 4.09. The molecule has 0 unspecified atom stereocenters. The molecule has 6 heteroatoms. The molecule has 0 radical (unpaired) electrons. The van der Waals surface area contributed by atoms with Crippen LogP contribution in [0.25, 0.3) is 0 Å². The number of esters is 1. The molecule has 0 spiro atoms. The highest BCUT2D eigenvalue weighted by atomic mass is 16.5. The fourth-order valence-corrected chi connectivity index (χ4v) is 2.54. The lowest BCUT2D eigenvalue weighted by atomic mass is 10.2. The molecule has 0 bridgehead atoms. The zero-order valence-electron chi connectivity index (χ0n) is 15.7. The molecule has 1 amide bonds. The maximum Gasteiger partial charge on any atom is 0.338 e. The standard InChI is InChI=1S/C22H21N3O3/c1-3-28-22(27)16-6-10-17(11-7-16)24-19-12-13-23-20(14-19)21(26)25-18-8-4-15(2)5-9-18/h4-14H,3H2,1-2H3,(H,23,24)(H,25,26). The van der Waals surface area contributed by atoms with Crippen molar-refractivity contribution in [2.75, 3.05) is 17.2 Å². The Hall–Kier alpha value is -3.67. The summed E-state index contributed by atoms with van der Waals surface area (Å²) in [4.78, 5) is 28.3. The van der Waals surface area contributed by atoms with Crippen LogP contribution in [0.15, 0.2) is 66.9 Å². The summed E-state index contributed by atoms with van der Waals surface area (Å²) in [5, 5.41) is 6.02. The number of carbonyl (C=O) groups is 2. The number of nitrogens with one attached hydrogen (secondary N) is 2. The van der Waals surface area contributed by atoms with Gasteiger partial charge in [-0.2, -0.15) is 0 Å². The SMILES string of the molecule is CCOC(=O)c1ccc(Nc2ccnc(C(=O)Nc3ccc(C)cc3)c2)cc1. The molecule has 2 aromatic carbocycles. The van der Waals surface area contributed by atoms with Crippen molar-refractivity contribution in [3.63, 3.8) is 0 Å². The molecule has 3 aromatic rings. The molecule has 0 aliphatic rings. The lowest BCUT2D eigenvalue weighted by molar-refractivity contribution is 0.0526. The summed E-state index contributed by atoms with van der Waals surface area (Å²) in [5.41, 5.74) is 4.12. The number of carbonyl (C=O) groups excluding carboxylic acids is 2. The number of anilines is 3. The number of nitrogens with zero attached hydrogens (tertiary/aromatic N) is 1. The third-order valence-corrected chi connectivity index (χ3v) is 3.99. The van der Waals surface area contributed by atoms with Crippen molar-refractivity contribution < 1.29 is 14.3 Å². The van der Waals surface area contributed by atoms with Crippen LogP contribution >= 0.6 is 0 Å². The first-order valence-corrected chi connectivity index (χ1v) is 8.93. The van der Waals surface area contributed by atoms with Gasteiger partial charge in [0.1, 0.15) is 5.69 Å². The Labute approximate surface area is 163 Å². The molecule has 0 saturated heterocycles. The van der Waals surface area contributed by atoms with Crippen LogP contribution in [0.1, 0.15) is 33.3 Å². The molecule has 142 valence electrons. The Bertz CT molecular complexity index is 967. The number of benzene rings is 2. The van der Waals surface area contributed by atoms with Crippen LogP contribution in [0.2, 0.25) is 0 Å². The summed E-state index contributed by atoms with van der Waals surface area (Å²) >= 11 is 0. The van der Waals surface area contributed by atoms with Crippen molar-refractivity contribution in [3.8, 4) is 0 Å². The van der Waals surface area contributed by atoms with Gasteiger partial charge in [0.2, 0.25) is 0 Å². The maximum atomic E-state index is 12.4. The van der Waals surface area contributed by atoms with Gasteiger partial charge in [-0.05, 0) is 62.4 Å². The number of pyridine rings is 1. The van der Waals surface area contributed by atoms with Crippen LogP contribution < -0.4 is 10.6 Å². The topological polar surface area (TPSA) is 80.3 Å². The van der Waals surface area contributed by atoms with Crippen LogP contribution in [0.3, 0.4) is 0 Å². The van der Waals surface area contributed by atoms with Crippen molar-refractivity contribution >= 4 is 28.9 Å². The van der Waals surface area contributed by atoms with E-state index in [1.54, 1.807) is 49.5 Å². The van der Waals surface area contributed by atoms with Gasteiger partial charge in [-0.15, -0.1) is 0 Å². The van der Waals surface area contributed by atoms with E-state index in [1.165, 1.54) is 0 Å². The monoisotopic (exact) mass is 375 g/mol. The van der Waals surface area contributed by atoms with E-state index in [1.807, 2.05) is 31.2 Å². The van der Waals surface area contributed by atoms with Crippen molar-refractivity contribution in [3.05, 3.63) is 83.7 Å². The van der Waals surface area contributed by atoms with E-state index in [-0.39, 0.29) is 11.9 Å². The normalized spacial score (nSPS) is 10.2. The predicted molar refractivity (Wildman–Crippen MR) is 109 cm³/mol. The number of amides is 1. The second kappa shape index (κ2) is 8.81. The molecule has 1 heterocycles. The minimum Gasteiger partial charge on any atom is -0.462 e. The predicted octanol–water partition coefficient (Wildman–Crippen LogP) is 4.56. The van der Waals surface area contributed by atoms with Gasteiger partial charge in [0, 0.05) is 23.3 Å². The minimum atomic E-state index is -0.354. The van der Waals surface area contributed by atoms with E-state index in [2.05, 4.69) is 15.6 Å². The minimum absolute atomic E-state index is 0.287. The van der Waals surface area contributed by atoms with Gasteiger partial charge in [-0.3, -0.25) is 9.78 Å². The molecule has 28 heavy (non-hydrogen) atoms. The third kappa shape index (κ3) is 4.94. The summed E-state index contributed by atoms with van der Waals surface area (Å²) < 4.78 is 4.97. The van der Waals surface area contributed by atoms with Crippen molar-refractivity contribution in [1.29, 1.82) is 0 Å². The number of rotatable bonds is 6. The Morgan fingerprint density at radius 3 is 2.29 bits per heavy atom. The first-order valence-electron chi connectivity index (χ1n) is 8.93. The summed E-state index contributed by atoms with van der Waals surface area (Å²) in [6, 6.07) is 17.9. The molecular formula is C22H21N3O3. The average molecular weight is 375 g/mol. The highest BCUT2D eigenvalue weighted by Crippen LogP contribution is 2.18. The van der Waals surface area contributed by atoms with Crippen LogP contribution in [0.4, 0.5) is 17.1 Å². The highest BCUT2D eigenvalue weighted by molar-refractivity contribution is 6.03. The van der Waals surface area contributed by atoms with E-state index in [0.29, 0.717) is 29.2 Å². The van der Waals surface area contributed by atoms with Gasteiger partial charge in [-0.25, -0.2) is 4.79 Å². The smallest absolute Gasteiger partial charge is 0.338 e. The Morgan fingerprint density at radius 2 is 1.61 bits per heavy atom. The van der Waals surface area contributed by atoms with Crippen molar-refractivity contribution in [2.24, 2.45) is 0 Å². The molecule has 6 nitrogen and oxygen atoms in total. The molecular weight excluding hydrogens is 354 g/mol. The molecule has 0 fully saturated rings. The van der Waals surface area contributed by atoms with Crippen LogP contribution in [-0.2, 0) is 4.74 Å². The van der Waals surface area contributed by atoms with Gasteiger partial charge in [0.25, 0.3) is 5.91 Å². The zero-order chi connectivity index (χ0) is 19.9. The first kappa shape index (κ1) is 19.1. The second-order valence-electron chi connectivity index (χ2n) is 6.17. The number of aryl methyl sites for hydroxylation is 1. The van der Waals surface area contributed by atoms with E-state index >= 15 is 0 Å². The molecule has 3 rings (SSSR count). The fraction of sp³-hybridized carbons (Fsp3) is 0.136. The lowest BCUT2D eigenvalue weighted by Gasteiger charge is -2.09. The molecule has 0 aliphatic heterocycles. The summed E-state index contributed by atoms with van der Waals surface area (Å²) in [7, 11) is 0. The van der Waals surface area contributed by atoms with Gasteiger partial charge < -0.3 is 15.4 Å². The third-order valence-electron chi connectivity index (χ3n) is 3.99. The fourth-order valence-electron chi connectivity index (χ4n) is 2.54. The van der Waals surface area contributed by atoms with E-state index in [0.717, 1.165) is 11.3 Å². The van der Waals surface area contributed by atoms with Gasteiger partial charge in [-0.1, -0.05) is 17.7 Å². The van der Waals surface area contributed by atoms with E-state index < -0.39 is 0 Å². The zero-order valence-corrected chi connectivity index (χ0v) is 15.7. The van der Waals surface area contributed by atoms with Crippen LogP contribution in [-0.4, -0.2) is 23.5 Å². The Kier molecular flexibility index (Phi) is 6.01. The number of hydrogen-bond acceptors (Lipinski definition) is 5. The van der Waals surface area contributed by atoms with Crippen LogP contribution in [0.5, 0.6) is 0 Å². The largest absolute Gasteiger partial charge is 0.462 e. The van der Waals surface area contributed by atoms with E-state index in [9.17, 15) is 9.59 Å². The first-order chi connectivity index (χ1) is 13.5. The maximum absolute atomic E-state index is 12.4. The van der Waals surface area contributed by atoms with Gasteiger partial charge >= 0.3 is 5.97 Å². The average Bonchev–Trinajstić information content (AvgIpc) is 2.70. The second-order valence-corrected chi connectivity index (χ2v) is 6.17. The van der Waals surface area contributed by atoms with E-state index in [4.69, 9.17) is 4.74 Å². The molecule has 2 N–H and O–H groups in total. The van der Waals surface area contributed by atoms with Crippen molar-refractivity contribution in [2.45, 2.75) is 13.8 Å². The highest BCUT2D eigenvalue weighted by Gasteiger charge is 2.09. The molecule has 1 aromatic heterocycles. The number of aromatic nitrogens is 1. The molecule has 0 atom stereocenters. The molecule has 0 saturated carbocycles. The number of hydrogen-bond donors (Lipinski definition) is 2. The quantitative estimate of drug-likeness (QED) is 0.617. The van der Waals surface area contributed by atoms with Crippen molar-refractivity contribution in [1.82, 2.24) is 4.98 Å². The Balaban J connectivity index is 1.68. The lowest BCUT2D eigenvalue weighted by Crippen LogP contribution is -2.13. The van der Waals surface area contributed by atoms with Gasteiger partial charge in [0.05, 0.1) is 12.2 Å². The number of ether oxygens (including phenoxy) is 1. The Morgan fingerprint density at radius 1 is 0.929 bits per heavy atom. The summed E-state index contributed by atoms with van der Waals surface area (Å²) in [6.07, 6.45) is 1.57. The molecule has 0 aliphatic carbocycles. The summed E-state index contributed by atoms with van der Waals surface area (Å²) in [5.74, 6) is -0.641. The van der Waals surface area contributed by atoms with Crippen LogP contribution in [0, 0.1) is 6.92 Å².